The number of rotatable bonds is 4. The summed E-state index contributed by atoms with van der Waals surface area (Å²) < 4.78 is 27.0. The fraction of sp³-hybridized carbons (Fsp3) is 0.200. The van der Waals surface area contributed by atoms with E-state index in [4.69, 9.17) is 11.6 Å². The Morgan fingerprint density at radius 1 is 1.30 bits per heavy atom. The normalized spacial score (nSPS) is 11.8. The van der Waals surface area contributed by atoms with Gasteiger partial charge in [-0.05, 0) is 32.0 Å². The van der Waals surface area contributed by atoms with Crippen molar-refractivity contribution in [1.29, 1.82) is 0 Å². The van der Waals surface area contributed by atoms with Gasteiger partial charge in [-0.15, -0.1) is 11.3 Å². The van der Waals surface area contributed by atoms with Gasteiger partial charge >= 0.3 is 0 Å². The Labute approximate surface area is 143 Å². The molecule has 0 atom stereocenters. The number of benzene rings is 1. The molecule has 2 aromatic heterocycles. The van der Waals surface area contributed by atoms with Crippen molar-refractivity contribution in [2.45, 2.75) is 24.8 Å². The zero-order valence-electron chi connectivity index (χ0n) is 12.5. The first-order chi connectivity index (χ1) is 10.9. The number of aromatic nitrogens is 3. The first-order valence-electron chi connectivity index (χ1n) is 6.82. The lowest BCUT2D eigenvalue weighted by molar-refractivity contribution is 0.582. The van der Waals surface area contributed by atoms with E-state index in [1.807, 2.05) is 13.8 Å². The van der Waals surface area contributed by atoms with Crippen LogP contribution in [0.15, 0.2) is 41.8 Å². The molecular formula is C15H14ClN3O2S2. The van der Waals surface area contributed by atoms with Gasteiger partial charge in [-0.2, -0.15) is 0 Å². The molecule has 5 nitrogen and oxygen atoms in total. The summed E-state index contributed by atoms with van der Waals surface area (Å²) in [6, 6.07) is 6.98. The minimum Gasteiger partial charge on any atom is -0.291 e. The van der Waals surface area contributed by atoms with Crippen molar-refractivity contribution in [2.24, 2.45) is 0 Å². The number of sulfone groups is 1. The van der Waals surface area contributed by atoms with Crippen LogP contribution in [0.3, 0.4) is 0 Å². The number of aryl methyl sites for hydroxylation is 2. The van der Waals surface area contributed by atoms with Gasteiger partial charge in [-0.25, -0.2) is 18.4 Å². The second kappa shape index (κ2) is 6.07. The smallest absolute Gasteiger partial charge is 0.232 e. The molecule has 23 heavy (non-hydrogen) atoms. The van der Waals surface area contributed by atoms with E-state index in [0.29, 0.717) is 16.4 Å². The molecule has 2 heterocycles. The summed E-state index contributed by atoms with van der Waals surface area (Å²) in [6.07, 6.45) is 3.07. The van der Waals surface area contributed by atoms with Gasteiger partial charge in [0.25, 0.3) is 0 Å². The average molecular weight is 368 g/mol. The van der Waals surface area contributed by atoms with Crippen molar-refractivity contribution in [3.05, 3.63) is 57.3 Å². The lowest BCUT2D eigenvalue weighted by Gasteiger charge is -2.08. The lowest BCUT2D eigenvalue weighted by atomic mass is 10.3. The Hall–Kier alpha value is -1.70. The second-order valence-corrected chi connectivity index (χ2v) is 8.78. The summed E-state index contributed by atoms with van der Waals surface area (Å²) in [5.74, 6) is -0.166. The highest BCUT2D eigenvalue weighted by Crippen LogP contribution is 2.24. The molecule has 0 aliphatic rings. The second-order valence-electron chi connectivity index (χ2n) is 5.05. The van der Waals surface area contributed by atoms with Crippen LogP contribution in [-0.2, 0) is 15.6 Å². The van der Waals surface area contributed by atoms with E-state index in [2.05, 4.69) is 9.97 Å². The van der Waals surface area contributed by atoms with E-state index in [1.165, 1.54) is 22.1 Å². The first kappa shape index (κ1) is 16.2. The van der Waals surface area contributed by atoms with Crippen LogP contribution in [0.25, 0.3) is 5.69 Å². The van der Waals surface area contributed by atoms with Crippen molar-refractivity contribution in [2.75, 3.05) is 0 Å². The molecule has 1 aromatic carbocycles. The van der Waals surface area contributed by atoms with Gasteiger partial charge in [0.05, 0.1) is 10.7 Å². The van der Waals surface area contributed by atoms with E-state index in [9.17, 15) is 8.42 Å². The topological polar surface area (TPSA) is 64.8 Å². The molecule has 0 aliphatic heterocycles. The van der Waals surface area contributed by atoms with Gasteiger partial charge in [0.1, 0.15) is 5.75 Å². The van der Waals surface area contributed by atoms with E-state index in [1.54, 1.807) is 30.5 Å². The highest BCUT2D eigenvalue weighted by molar-refractivity contribution is 7.90. The minimum atomic E-state index is -3.62. The molecule has 8 heteroatoms. The standard InChI is InChI=1S/C15H14ClN3O2S2/c1-10-14(18-11(2)22-10)9-23(20,21)15-17-6-7-19(15)13-5-3-4-12(16)8-13/h3-8H,9H2,1-2H3. The van der Waals surface area contributed by atoms with Crippen LogP contribution >= 0.6 is 22.9 Å². The van der Waals surface area contributed by atoms with E-state index in [-0.39, 0.29) is 10.9 Å². The van der Waals surface area contributed by atoms with Crippen molar-refractivity contribution in [1.82, 2.24) is 14.5 Å². The molecule has 0 fully saturated rings. The number of hydrogen-bond donors (Lipinski definition) is 0. The Kier molecular flexibility index (Phi) is 4.27. The van der Waals surface area contributed by atoms with Crippen molar-refractivity contribution in [3.8, 4) is 5.69 Å². The zero-order chi connectivity index (χ0) is 16.6. The quantitative estimate of drug-likeness (QED) is 0.707. The Balaban J connectivity index is 2.02. The highest BCUT2D eigenvalue weighted by Gasteiger charge is 2.24. The van der Waals surface area contributed by atoms with Gasteiger partial charge in [-0.3, -0.25) is 4.57 Å². The van der Waals surface area contributed by atoms with Crippen LogP contribution in [-0.4, -0.2) is 23.0 Å². The maximum atomic E-state index is 12.8. The van der Waals surface area contributed by atoms with Crippen LogP contribution in [0.4, 0.5) is 0 Å². The summed E-state index contributed by atoms with van der Waals surface area (Å²) in [5.41, 5.74) is 1.23. The molecular weight excluding hydrogens is 354 g/mol. The average Bonchev–Trinajstić information content (AvgIpc) is 3.06. The van der Waals surface area contributed by atoms with Gasteiger partial charge in [-0.1, -0.05) is 17.7 Å². The monoisotopic (exact) mass is 367 g/mol. The SMILES string of the molecule is Cc1nc(CS(=O)(=O)c2nccn2-c2cccc(Cl)c2)c(C)s1. The fourth-order valence-electron chi connectivity index (χ4n) is 2.29. The molecule has 120 valence electrons. The van der Waals surface area contributed by atoms with Crippen LogP contribution in [0.5, 0.6) is 0 Å². The Morgan fingerprint density at radius 2 is 2.09 bits per heavy atom. The van der Waals surface area contributed by atoms with Crippen molar-refractivity contribution >= 4 is 32.8 Å². The zero-order valence-corrected chi connectivity index (χ0v) is 14.9. The lowest BCUT2D eigenvalue weighted by Crippen LogP contribution is -2.12. The number of hydrogen-bond acceptors (Lipinski definition) is 5. The van der Waals surface area contributed by atoms with E-state index >= 15 is 0 Å². The summed E-state index contributed by atoms with van der Waals surface area (Å²) in [7, 11) is -3.62. The molecule has 0 aliphatic carbocycles. The molecule has 0 saturated heterocycles. The predicted molar refractivity (Wildman–Crippen MR) is 91.1 cm³/mol. The molecule has 0 N–H and O–H groups in total. The van der Waals surface area contributed by atoms with Crippen LogP contribution in [0.2, 0.25) is 5.02 Å². The van der Waals surface area contributed by atoms with Crippen LogP contribution in [0, 0.1) is 13.8 Å². The third kappa shape index (κ3) is 3.31. The Bertz CT molecular complexity index is 961. The predicted octanol–water partition coefficient (Wildman–Crippen LogP) is 3.57. The first-order valence-corrected chi connectivity index (χ1v) is 9.66. The number of imidazole rings is 1. The summed E-state index contributed by atoms with van der Waals surface area (Å²) in [5, 5.41) is 1.38. The van der Waals surface area contributed by atoms with Gasteiger partial charge < -0.3 is 0 Å². The van der Waals surface area contributed by atoms with E-state index in [0.717, 1.165) is 9.88 Å². The maximum absolute atomic E-state index is 12.8. The molecule has 0 amide bonds. The number of nitrogens with zero attached hydrogens (tertiary/aromatic N) is 3. The molecule has 0 saturated carbocycles. The summed E-state index contributed by atoms with van der Waals surface area (Å²) in [4.78, 5) is 9.25. The molecule has 0 radical (unpaired) electrons. The largest absolute Gasteiger partial charge is 0.291 e. The Morgan fingerprint density at radius 3 is 2.74 bits per heavy atom. The third-order valence-electron chi connectivity index (χ3n) is 3.30. The van der Waals surface area contributed by atoms with Gasteiger partial charge in [0.15, 0.2) is 0 Å². The molecule has 3 aromatic rings. The highest BCUT2D eigenvalue weighted by atomic mass is 35.5. The van der Waals surface area contributed by atoms with E-state index < -0.39 is 9.84 Å². The van der Waals surface area contributed by atoms with Crippen LogP contribution < -0.4 is 0 Å². The molecule has 0 unspecified atom stereocenters. The minimum absolute atomic E-state index is 0.00943. The summed E-state index contributed by atoms with van der Waals surface area (Å²) in [6.45, 7) is 3.74. The molecule has 0 spiro atoms. The van der Waals surface area contributed by atoms with Crippen LogP contribution in [0.1, 0.15) is 15.6 Å². The third-order valence-corrected chi connectivity index (χ3v) is 5.97. The van der Waals surface area contributed by atoms with Crippen molar-refractivity contribution < 1.29 is 8.42 Å². The van der Waals surface area contributed by atoms with Crippen molar-refractivity contribution in [3.63, 3.8) is 0 Å². The summed E-state index contributed by atoms with van der Waals surface area (Å²) >= 11 is 7.48. The fourth-order valence-corrected chi connectivity index (χ4v) is 4.86. The maximum Gasteiger partial charge on any atom is 0.232 e. The molecule has 3 rings (SSSR count). The van der Waals surface area contributed by atoms with Gasteiger partial charge in [0, 0.05) is 28.0 Å². The van der Waals surface area contributed by atoms with Gasteiger partial charge in [0.2, 0.25) is 15.0 Å². The number of thiazole rings is 1. The number of halogens is 1. The molecule has 0 bridgehead atoms.